The number of ether oxygens (including phenoxy) is 8. The summed E-state index contributed by atoms with van der Waals surface area (Å²) in [5, 5.41) is 0. The second kappa shape index (κ2) is 36.4. The highest BCUT2D eigenvalue weighted by Gasteiger charge is 2.66. The molecular weight excluding hydrogens is 1660 g/mol. The van der Waals surface area contributed by atoms with Crippen molar-refractivity contribution in [3.8, 4) is 23.3 Å². The Morgan fingerprint density at radius 3 is 1.21 bits per heavy atom. The van der Waals surface area contributed by atoms with Crippen molar-refractivity contribution in [2.75, 3.05) is 68.1 Å². The Kier molecular flexibility index (Phi) is 28.0. The number of esters is 2. The molecule has 2 aromatic carbocycles. The summed E-state index contributed by atoms with van der Waals surface area (Å²) in [7, 11) is -3.08. The van der Waals surface area contributed by atoms with Crippen LogP contribution in [0.3, 0.4) is 0 Å². The van der Waals surface area contributed by atoms with Gasteiger partial charge in [-0.1, -0.05) is 38.2 Å². The Labute approximate surface area is 703 Å². The Balaban J connectivity index is 0.000000238. The predicted molar refractivity (Wildman–Crippen MR) is 425 cm³/mol. The van der Waals surface area contributed by atoms with E-state index in [2.05, 4.69) is 29.4 Å². The lowest BCUT2D eigenvalue weighted by Crippen LogP contribution is -2.49. The number of nitrogens with one attached hydrogen (secondary N) is 2. The molecule has 122 heavy (non-hydrogen) atoms. The lowest BCUT2D eigenvalue weighted by Gasteiger charge is -2.34. The molecule has 38 heteroatoms. The lowest BCUT2D eigenvalue weighted by molar-refractivity contribution is -0.257. The van der Waals surface area contributed by atoms with E-state index in [1.165, 1.54) is 38.2 Å². The molecule has 8 aliphatic rings. The SMILES string of the molecule is COC[C@@H]1C[C@@H](C)CC/C=C\[C@@H]2C[C@@]2(C(=O)NS(=O)(=O)C2(CF)CC2)CC(=O)[C@@H]2C[C@@H](Oc3nc4cc(OC)ccc4nc3C)CN2C(=O)[C@H]1CC(=O)OC(C)(C)C(F)(F)F.COC[C@@H]1C[C@H](C)CC/C=C\[C@@H]2C[C@@]2(C(=O)NS(=O)(=O)C2(CF)CC2)CC(=O)[C@@H]2C[C@@H](Oc3nc4cc(OC)ccc4nc3C)CN2C(=O)[C@H]1CC(=O)OC(C)(C)C(F)(F)F. The molecule has 2 N–H and O–H groups in total. The first kappa shape index (κ1) is 93.9. The number of ketones is 2. The fourth-order valence-electron chi connectivity index (χ4n) is 17.0. The lowest BCUT2D eigenvalue weighted by atomic mass is 9.81. The van der Waals surface area contributed by atoms with E-state index in [4.69, 9.17) is 37.9 Å². The van der Waals surface area contributed by atoms with Gasteiger partial charge < -0.3 is 47.7 Å². The van der Waals surface area contributed by atoms with Crippen LogP contribution in [0.25, 0.3) is 22.1 Å². The number of rotatable bonds is 24. The Morgan fingerprint density at radius 2 is 0.893 bits per heavy atom. The summed E-state index contributed by atoms with van der Waals surface area (Å²) in [6.07, 6.45) is -3.94. The van der Waals surface area contributed by atoms with Crippen LogP contribution in [0.5, 0.6) is 23.3 Å². The summed E-state index contributed by atoms with van der Waals surface area (Å²) in [6, 6.07) is 7.63. The van der Waals surface area contributed by atoms with Gasteiger partial charge in [-0.3, -0.25) is 47.8 Å². The molecule has 2 saturated heterocycles. The summed E-state index contributed by atoms with van der Waals surface area (Å²) in [5.41, 5.74) is -6.03. The van der Waals surface area contributed by atoms with Gasteiger partial charge in [0.2, 0.25) is 66.6 Å². The third kappa shape index (κ3) is 20.4. The van der Waals surface area contributed by atoms with Gasteiger partial charge in [0.15, 0.2) is 11.6 Å². The number of halogens is 8. The average molecular weight is 1770 g/mol. The molecule has 0 bridgehead atoms. The smallest absolute Gasteiger partial charge is 0.427 e. The average Bonchev–Trinajstić information content (AvgIpc) is 1.56. The number of methoxy groups -OCH3 is 4. The first-order chi connectivity index (χ1) is 57.2. The number of amides is 4. The standard InChI is InChI=1S/2C42H54F4N4O10S/c2*1-24-9-7-8-10-27-19-41(27,38(54)49-61(55,56)40(23-43)13-14-40)20-34(51)33-17-29(59-36-25(2)47-31-12-11-28(58-6)16-32(31)48-36)21-50(33)37(53)30(26(15-24)22-57-5)18-35(52)60-39(3,4)42(44,45)46/h2*8,10-12,16,24,26-27,29-30,33H,7,9,13-15,17-23H2,1-6H3,(H,49,54)/b2*10-8-/t24-,26+,27-,29-,30+,33+,41-;24-,26-,27+,29+,30-,33-,41+/m10/s1. The third-order valence-electron chi connectivity index (χ3n) is 25.5. The van der Waals surface area contributed by atoms with Crippen LogP contribution in [-0.2, 0) is 77.4 Å². The minimum atomic E-state index is -4.91. The summed E-state index contributed by atoms with van der Waals surface area (Å²) in [5.74, 6) is -11.2. The van der Waals surface area contributed by atoms with Gasteiger partial charge in [0, 0.05) is 65.2 Å². The van der Waals surface area contributed by atoms with Gasteiger partial charge in [-0.05, 0) is 178 Å². The molecule has 6 fully saturated rings. The van der Waals surface area contributed by atoms with Gasteiger partial charge in [0.25, 0.3) is 0 Å². The minimum Gasteiger partial charge on any atom is -0.497 e. The molecule has 0 radical (unpaired) electrons. The highest BCUT2D eigenvalue weighted by Crippen LogP contribution is 2.60. The maximum absolute atomic E-state index is 15.0. The first-order valence-electron chi connectivity index (χ1n) is 41.0. The summed E-state index contributed by atoms with van der Waals surface area (Å²) < 4.78 is 209. The normalized spacial score (nSPS) is 28.8. The molecule has 4 amide bonds. The maximum atomic E-state index is 15.0. The largest absolute Gasteiger partial charge is 0.497 e. The predicted octanol–water partition coefficient (Wildman–Crippen LogP) is 11.5. The quantitative estimate of drug-likeness (QED) is 0.0374. The molecule has 4 aromatic rings. The van der Waals surface area contributed by atoms with Gasteiger partial charge in [0.1, 0.15) is 57.9 Å². The summed E-state index contributed by atoms with van der Waals surface area (Å²) >= 11 is 0. The van der Waals surface area contributed by atoms with E-state index in [1.807, 2.05) is 26.0 Å². The molecule has 12 rings (SSSR count). The Bertz CT molecular complexity index is 4630. The second-order valence-electron chi connectivity index (χ2n) is 35.3. The number of aryl methyl sites for hydroxylation is 2. The number of carbonyl (C=O) groups is 8. The zero-order chi connectivity index (χ0) is 89.4. The zero-order valence-electron chi connectivity index (χ0n) is 70.4. The molecular formula is C84H108F8N8O20S2. The second-order valence-corrected chi connectivity index (χ2v) is 39.5. The highest BCUT2D eigenvalue weighted by molar-refractivity contribution is 7.92. The number of sulfonamides is 2. The van der Waals surface area contributed by atoms with E-state index >= 15 is 9.59 Å². The van der Waals surface area contributed by atoms with Gasteiger partial charge in [0.05, 0.1) is 97.0 Å². The number of Topliss-reactive ketones (excluding diaryl/α,β-unsaturated/α-hetero) is 2. The number of nitrogens with zero attached hydrogens (tertiary/aromatic N) is 6. The highest BCUT2D eigenvalue weighted by atomic mass is 32.2. The minimum absolute atomic E-state index is 0.0428. The topological polar surface area (TPSA) is 361 Å². The van der Waals surface area contributed by atoms with Gasteiger partial charge >= 0.3 is 24.3 Å². The van der Waals surface area contributed by atoms with Crippen molar-refractivity contribution in [1.29, 1.82) is 0 Å². The fourth-order valence-corrected chi connectivity index (χ4v) is 19.9. The van der Waals surface area contributed by atoms with Crippen LogP contribution in [0.15, 0.2) is 60.7 Å². The van der Waals surface area contributed by atoms with Gasteiger partial charge in [-0.2, -0.15) is 26.3 Å². The third-order valence-corrected chi connectivity index (χ3v) is 29.7. The fraction of sp³-hybridized carbons (Fsp3) is 0.667. The van der Waals surface area contributed by atoms with E-state index < -0.39 is 210 Å². The molecule has 14 atom stereocenters. The van der Waals surface area contributed by atoms with Crippen molar-refractivity contribution < 1.29 is 128 Å². The van der Waals surface area contributed by atoms with E-state index in [9.17, 15) is 80.7 Å². The number of carbonyl (C=O) groups excluding carboxylic acids is 8. The van der Waals surface area contributed by atoms with Crippen molar-refractivity contribution in [2.45, 2.75) is 228 Å². The van der Waals surface area contributed by atoms with Crippen LogP contribution < -0.4 is 28.4 Å². The van der Waals surface area contributed by atoms with Crippen LogP contribution in [0, 0.1) is 72.0 Å². The van der Waals surface area contributed by atoms with E-state index in [0.29, 0.717) is 111 Å². The summed E-state index contributed by atoms with van der Waals surface area (Å²) in [4.78, 5) is 135. The van der Waals surface area contributed by atoms with Crippen molar-refractivity contribution in [3.05, 3.63) is 72.1 Å². The van der Waals surface area contributed by atoms with Crippen molar-refractivity contribution in [1.82, 2.24) is 39.2 Å². The monoisotopic (exact) mass is 1760 g/mol. The molecule has 0 unspecified atom stereocenters. The molecule has 4 aliphatic heterocycles. The van der Waals surface area contributed by atoms with Crippen molar-refractivity contribution in [3.63, 3.8) is 0 Å². The number of aromatic nitrogens is 4. The van der Waals surface area contributed by atoms with Crippen molar-refractivity contribution >= 4 is 89.2 Å². The zero-order valence-corrected chi connectivity index (χ0v) is 72.0. The molecule has 4 aliphatic carbocycles. The Hall–Kier alpha value is -8.78. The van der Waals surface area contributed by atoms with Crippen molar-refractivity contribution in [2.24, 2.45) is 58.2 Å². The molecule has 672 valence electrons. The van der Waals surface area contributed by atoms with Crippen LogP contribution in [0.2, 0.25) is 0 Å². The molecule has 0 spiro atoms. The van der Waals surface area contributed by atoms with Gasteiger partial charge in [-0.15, -0.1) is 0 Å². The van der Waals surface area contributed by atoms with E-state index in [-0.39, 0.29) is 101 Å². The van der Waals surface area contributed by atoms with Crippen LogP contribution in [-0.4, -0.2) is 219 Å². The first-order valence-corrected chi connectivity index (χ1v) is 43.9. The van der Waals surface area contributed by atoms with Crippen LogP contribution in [0.4, 0.5) is 35.1 Å². The van der Waals surface area contributed by atoms with E-state index in [1.54, 1.807) is 62.4 Å². The Morgan fingerprint density at radius 1 is 0.533 bits per heavy atom. The number of allylic oxidation sites excluding steroid dienone is 4. The number of hydrogen-bond donors (Lipinski definition) is 2. The number of alkyl halides is 8. The van der Waals surface area contributed by atoms with E-state index in [0.717, 1.165) is 0 Å². The molecule has 6 heterocycles. The number of hydrogen-bond acceptors (Lipinski definition) is 24. The van der Waals surface area contributed by atoms with Crippen LogP contribution >= 0.6 is 0 Å². The molecule has 2 aromatic heterocycles. The number of fused-ring (bicyclic) bond motifs is 6. The maximum Gasteiger partial charge on any atom is 0.427 e. The summed E-state index contributed by atoms with van der Waals surface area (Å²) in [6.45, 7) is 7.13. The molecule has 28 nitrogen and oxygen atoms in total. The number of benzene rings is 2. The molecule has 4 saturated carbocycles. The van der Waals surface area contributed by atoms with Crippen LogP contribution in [0.1, 0.15) is 169 Å². The van der Waals surface area contributed by atoms with Gasteiger partial charge in [-0.25, -0.2) is 45.6 Å².